The van der Waals surface area contributed by atoms with Crippen LogP contribution >= 0.6 is 0 Å². The van der Waals surface area contributed by atoms with Crippen molar-refractivity contribution in [3.63, 3.8) is 0 Å². The van der Waals surface area contributed by atoms with E-state index < -0.39 is 0 Å². The Morgan fingerprint density at radius 2 is 1.48 bits per heavy atom. The van der Waals surface area contributed by atoms with Gasteiger partial charge in [-0.3, -0.25) is 14.6 Å². The first-order valence-electron chi connectivity index (χ1n) is 10.5. The summed E-state index contributed by atoms with van der Waals surface area (Å²) in [6.45, 7) is 18.2. The first-order chi connectivity index (χ1) is 13.0. The Morgan fingerprint density at radius 3 is 2.04 bits per heavy atom. The molecule has 1 fully saturated rings. The third-order valence-electron chi connectivity index (χ3n) is 5.04. The third kappa shape index (κ3) is 11.7. The molecule has 1 aliphatic rings. The molecule has 1 rings (SSSR count). The van der Waals surface area contributed by atoms with Gasteiger partial charge in [-0.1, -0.05) is 13.8 Å². The van der Waals surface area contributed by atoms with Crippen molar-refractivity contribution in [1.82, 2.24) is 15.1 Å². The number of carbonyl (C=O) groups excluding carboxylic acids is 1. The normalized spacial score (nSPS) is 17.4. The van der Waals surface area contributed by atoms with Crippen LogP contribution in [0.3, 0.4) is 0 Å². The molecule has 0 aromatic carbocycles. The van der Waals surface area contributed by atoms with Crippen molar-refractivity contribution in [2.75, 3.05) is 78.9 Å². The fourth-order valence-electron chi connectivity index (χ4n) is 2.84. The second-order valence-electron chi connectivity index (χ2n) is 7.41. The molecule has 7 nitrogen and oxygen atoms in total. The molecule has 1 saturated heterocycles. The summed E-state index contributed by atoms with van der Waals surface area (Å²) in [5.41, 5.74) is 0. The Morgan fingerprint density at radius 1 is 0.926 bits per heavy atom. The third-order valence-corrected chi connectivity index (χ3v) is 5.04. The van der Waals surface area contributed by atoms with Gasteiger partial charge in [0.1, 0.15) is 0 Å². The predicted molar refractivity (Wildman–Crippen MR) is 110 cm³/mol. The van der Waals surface area contributed by atoms with Crippen molar-refractivity contribution in [1.29, 1.82) is 0 Å². The van der Waals surface area contributed by atoms with Crippen LogP contribution in [0.2, 0.25) is 0 Å². The molecular formula is C20H43N3O4. The van der Waals surface area contributed by atoms with Crippen LogP contribution in [0, 0.1) is 5.92 Å². The van der Waals surface area contributed by atoms with Gasteiger partial charge in [0.2, 0.25) is 5.91 Å². The molecule has 162 valence electrons. The zero-order valence-electron chi connectivity index (χ0n) is 17.9. The Kier molecular flexibility index (Phi) is 13.7. The first-order valence-corrected chi connectivity index (χ1v) is 10.5. The van der Waals surface area contributed by atoms with Crippen LogP contribution in [-0.2, 0) is 19.0 Å². The topological polar surface area (TPSA) is 63.3 Å². The first kappa shape index (κ1) is 24.3. The summed E-state index contributed by atoms with van der Waals surface area (Å²) in [6.07, 6.45) is 0.859. The van der Waals surface area contributed by atoms with Gasteiger partial charge in [-0.05, 0) is 20.3 Å². The monoisotopic (exact) mass is 389 g/mol. The van der Waals surface area contributed by atoms with Crippen molar-refractivity contribution in [2.24, 2.45) is 5.92 Å². The Hall–Kier alpha value is -0.730. The smallest absolute Gasteiger partial charge is 0.222 e. The summed E-state index contributed by atoms with van der Waals surface area (Å²) in [5.74, 6) is 0.161. The molecule has 27 heavy (non-hydrogen) atoms. The van der Waals surface area contributed by atoms with Crippen molar-refractivity contribution in [3.05, 3.63) is 0 Å². The highest BCUT2D eigenvalue weighted by molar-refractivity contribution is 5.78. The van der Waals surface area contributed by atoms with Crippen LogP contribution in [0.1, 0.15) is 35.5 Å². The van der Waals surface area contributed by atoms with Gasteiger partial charge in [0.25, 0.3) is 0 Å². The molecule has 0 spiro atoms. The van der Waals surface area contributed by atoms with Gasteiger partial charge >= 0.3 is 0 Å². The van der Waals surface area contributed by atoms with Gasteiger partial charge in [0.15, 0.2) is 0 Å². The second-order valence-corrected chi connectivity index (χ2v) is 7.41. The summed E-state index contributed by atoms with van der Waals surface area (Å²) in [5, 5.41) is 2.86. The van der Waals surface area contributed by atoms with Crippen molar-refractivity contribution < 1.29 is 20.4 Å². The number of carbonyl (C=O) groups is 1. The van der Waals surface area contributed by atoms with Gasteiger partial charge in [-0.2, -0.15) is 0 Å². The number of nitrogens with one attached hydrogen (secondary N) is 1. The van der Waals surface area contributed by atoms with E-state index in [1.807, 2.05) is 13.8 Å². The van der Waals surface area contributed by atoms with E-state index >= 15 is 0 Å². The maximum absolute atomic E-state index is 11.6. The molecule has 0 aromatic heterocycles. The van der Waals surface area contributed by atoms with E-state index in [1.165, 1.54) is 0 Å². The molecule has 1 heterocycles. The lowest BCUT2D eigenvalue weighted by Crippen LogP contribution is -2.49. The van der Waals surface area contributed by atoms with E-state index in [1.54, 1.807) is 0 Å². The Balaban J connectivity index is 0.00000729. The largest absolute Gasteiger partial charge is 0.378 e. The fraction of sp³-hybridized carbons (Fsp3) is 0.950. The molecule has 1 unspecified atom stereocenters. The standard InChI is InChI=1S/C20H41N3O4.H2/c1-5-19(4)20(24)21-6-12-25-14-16-27-17-15-26-13-11-22-7-9-23(10-8-22)18(2)3;/h18-19H,5-17H2,1-4H3,(H,21,24);1H. The van der Waals surface area contributed by atoms with E-state index in [0.717, 1.165) is 45.8 Å². The predicted octanol–water partition coefficient (Wildman–Crippen LogP) is 1.47. The van der Waals surface area contributed by atoms with Crippen LogP contribution < -0.4 is 5.32 Å². The zero-order chi connectivity index (χ0) is 19.9. The van der Waals surface area contributed by atoms with Gasteiger partial charge in [-0.15, -0.1) is 0 Å². The zero-order valence-corrected chi connectivity index (χ0v) is 17.9. The number of nitrogens with zero attached hydrogens (tertiary/aromatic N) is 2. The molecule has 1 N–H and O–H groups in total. The van der Waals surface area contributed by atoms with E-state index in [-0.39, 0.29) is 13.3 Å². The van der Waals surface area contributed by atoms with Gasteiger partial charge in [0, 0.05) is 52.7 Å². The molecule has 0 aromatic rings. The number of hydrogen-bond acceptors (Lipinski definition) is 6. The fourth-order valence-corrected chi connectivity index (χ4v) is 2.84. The molecule has 0 radical (unpaired) electrons. The molecule has 1 amide bonds. The lowest BCUT2D eigenvalue weighted by Gasteiger charge is -2.36. The average molecular weight is 390 g/mol. The highest BCUT2D eigenvalue weighted by Gasteiger charge is 2.18. The number of hydrogen-bond donors (Lipinski definition) is 1. The minimum absolute atomic E-state index is 0. The highest BCUT2D eigenvalue weighted by Crippen LogP contribution is 2.05. The van der Waals surface area contributed by atoms with Crippen LogP contribution in [0.4, 0.5) is 0 Å². The molecule has 0 aliphatic carbocycles. The number of piperazine rings is 1. The van der Waals surface area contributed by atoms with Crippen LogP contribution in [0.5, 0.6) is 0 Å². The van der Waals surface area contributed by atoms with Crippen molar-refractivity contribution in [2.45, 2.75) is 40.2 Å². The van der Waals surface area contributed by atoms with E-state index in [9.17, 15) is 4.79 Å². The van der Waals surface area contributed by atoms with Crippen molar-refractivity contribution in [3.8, 4) is 0 Å². The quantitative estimate of drug-likeness (QED) is 0.428. The second kappa shape index (κ2) is 15.2. The lowest BCUT2D eigenvalue weighted by atomic mass is 10.1. The van der Waals surface area contributed by atoms with Crippen LogP contribution in [-0.4, -0.2) is 101 Å². The van der Waals surface area contributed by atoms with Crippen LogP contribution in [0.25, 0.3) is 0 Å². The van der Waals surface area contributed by atoms with E-state index in [0.29, 0.717) is 45.6 Å². The van der Waals surface area contributed by atoms with E-state index in [4.69, 9.17) is 14.2 Å². The summed E-state index contributed by atoms with van der Waals surface area (Å²) in [7, 11) is 0. The van der Waals surface area contributed by atoms with Crippen molar-refractivity contribution >= 4 is 5.91 Å². The Labute approximate surface area is 167 Å². The highest BCUT2D eigenvalue weighted by atomic mass is 16.5. The molecule has 0 bridgehead atoms. The Bertz CT molecular complexity index is 380. The SMILES string of the molecule is CCC(C)C(=O)NCCOCCOCCOCCN1CCN(C(C)C)CC1.[HH]. The molecular weight excluding hydrogens is 346 g/mol. The molecule has 1 atom stereocenters. The summed E-state index contributed by atoms with van der Waals surface area (Å²) >= 11 is 0. The van der Waals surface area contributed by atoms with E-state index in [2.05, 4.69) is 29.0 Å². The lowest BCUT2D eigenvalue weighted by molar-refractivity contribution is -0.124. The average Bonchev–Trinajstić information content (AvgIpc) is 2.68. The maximum atomic E-state index is 11.6. The van der Waals surface area contributed by atoms with Gasteiger partial charge in [-0.25, -0.2) is 0 Å². The number of amides is 1. The molecule has 1 aliphatic heterocycles. The summed E-state index contributed by atoms with van der Waals surface area (Å²) < 4.78 is 16.6. The minimum atomic E-state index is 0. The van der Waals surface area contributed by atoms with Crippen LogP contribution in [0.15, 0.2) is 0 Å². The maximum Gasteiger partial charge on any atom is 0.222 e. The number of ether oxygens (including phenoxy) is 3. The van der Waals surface area contributed by atoms with Gasteiger partial charge in [0.05, 0.1) is 39.6 Å². The number of rotatable bonds is 15. The molecule has 0 saturated carbocycles. The minimum Gasteiger partial charge on any atom is -0.378 e. The van der Waals surface area contributed by atoms with Gasteiger partial charge < -0.3 is 19.5 Å². The summed E-state index contributed by atoms with van der Waals surface area (Å²) in [4.78, 5) is 16.6. The molecule has 7 heteroatoms. The summed E-state index contributed by atoms with van der Waals surface area (Å²) in [6, 6.07) is 0.646.